The van der Waals surface area contributed by atoms with Crippen LogP contribution in [0.25, 0.3) is 61.5 Å². The number of benzene rings is 4. The lowest BCUT2D eigenvalue weighted by Gasteiger charge is -2.11. The SMILES string of the molecule is N#Cc1ccc(-c2cc(-c3ccccc3)nc(-n3c4ccccc4c4cc(-c5ccccc5)ccc43)n2)nc1. The summed E-state index contributed by atoms with van der Waals surface area (Å²) in [5, 5.41) is 11.5. The molecule has 0 fully saturated rings. The first-order valence-corrected chi connectivity index (χ1v) is 12.7. The summed E-state index contributed by atoms with van der Waals surface area (Å²) in [4.78, 5) is 14.6. The number of para-hydroxylation sites is 1. The Hall–Kier alpha value is -5.60. The summed E-state index contributed by atoms with van der Waals surface area (Å²) in [5.74, 6) is 0.566. The monoisotopic (exact) mass is 499 g/mol. The van der Waals surface area contributed by atoms with Crippen molar-refractivity contribution in [3.63, 3.8) is 0 Å². The minimum Gasteiger partial charge on any atom is -0.278 e. The average Bonchev–Trinajstić information content (AvgIpc) is 3.35. The Labute approximate surface area is 225 Å². The number of hydrogen-bond donors (Lipinski definition) is 0. The van der Waals surface area contributed by atoms with Crippen molar-refractivity contribution < 1.29 is 0 Å². The van der Waals surface area contributed by atoms with Gasteiger partial charge >= 0.3 is 0 Å². The Kier molecular flexibility index (Phi) is 5.42. The van der Waals surface area contributed by atoms with Crippen molar-refractivity contribution in [2.24, 2.45) is 0 Å². The zero-order valence-electron chi connectivity index (χ0n) is 20.9. The lowest BCUT2D eigenvalue weighted by molar-refractivity contribution is 0.992. The maximum atomic E-state index is 9.24. The van der Waals surface area contributed by atoms with Crippen molar-refractivity contribution in [3.8, 4) is 45.8 Å². The highest BCUT2D eigenvalue weighted by Gasteiger charge is 2.17. The van der Waals surface area contributed by atoms with Crippen molar-refractivity contribution in [1.82, 2.24) is 19.5 Å². The Morgan fingerprint density at radius 2 is 1.23 bits per heavy atom. The first-order chi connectivity index (χ1) is 19.3. The molecule has 3 aromatic heterocycles. The van der Waals surface area contributed by atoms with E-state index in [1.54, 1.807) is 12.3 Å². The number of aromatic nitrogens is 4. The first-order valence-electron chi connectivity index (χ1n) is 12.7. The van der Waals surface area contributed by atoms with Crippen LogP contribution in [0.1, 0.15) is 5.56 Å². The molecular weight excluding hydrogens is 478 g/mol. The molecule has 0 aliphatic carbocycles. The van der Waals surface area contributed by atoms with Crippen LogP contribution in [0, 0.1) is 11.3 Å². The van der Waals surface area contributed by atoms with Crippen LogP contribution in [-0.2, 0) is 0 Å². The molecule has 0 aliphatic heterocycles. The molecule has 7 rings (SSSR count). The number of nitriles is 1. The molecule has 0 saturated heterocycles. The molecule has 0 aliphatic rings. The second kappa shape index (κ2) is 9.37. The number of pyridine rings is 1. The van der Waals surface area contributed by atoms with Crippen LogP contribution >= 0.6 is 0 Å². The number of fused-ring (bicyclic) bond motifs is 3. The van der Waals surface area contributed by atoms with Crippen molar-refractivity contribution in [2.45, 2.75) is 0 Å². The van der Waals surface area contributed by atoms with E-state index in [0.717, 1.165) is 38.6 Å². The van der Waals surface area contributed by atoms with E-state index in [-0.39, 0.29) is 0 Å². The first kappa shape index (κ1) is 22.6. The average molecular weight is 500 g/mol. The van der Waals surface area contributed by atoms with Gasteiger partial charge in [0.2, 0.25) is 5.95 Å². The van der Waals surface area contributed by atoms with Crippen LogP contribution in [0.4, 0.5) is 0 Å². The zero-order chi connectivity index (χ0) is 26.2. The summed E-state index contributed by atoms with van der Waals surface area (Å²) < 4.78 is 2.12. The molecule has 0 unspecified atom stereocenters. The molecule has 3 heterocycles. The van der Waals surface area contributed by atoms with Gasteiger partial charge in [-0.2, -0.15) is 5.26 Å². The van der Waals surface area contributed by atoms with E-state index in [9.17, 15) is 5.26 Å². The van der Waals surface area contributed by atoms with Crippen LogP contribution in [0.5, 0.6) is 0 Å². The highest BCUT2D eigenvalue weighted by Crippen LogP contribution is 2.35. The van der Waals surface area contributed by atoms with Gasteiger partial charge in [0.15, 0.2) is 0 Å². The van der Waals surface area contributed by atoms with Crippen molar-refractivity contribution in [1.29, 1.82) is 5.26 Å². The number of nitrogens with zero attached hydrogens (tertiary/aromatic N) is 5. The van der Waals surface area contributed by atoms with E-state index < -0.39 is 0 Å². The van der Waals surface area contributed by atoms with Crippen LogP contribution in [-0.4, -0.2) is 19.5 Å². The molecule has 0 saturated carbocycles. The van der Waals surface area contributed by atoms with Gasteiger partial charge in [-0.1, -0.05) is 84.9 Å². The summed E-state index contributed by atoms with van der Waals surface area (Å²) in [6.45, 7) is 0. The summed E-state index contributed by atoms with van der Waals surface area (Å²) in [7, 11) is 0. The minimum absolute atomic E-state index is 0.507. The molecule has 5 heteroatoms. The molecule has 0 N–H and O–H groups in total. The Morgan fingerprint density at radius 3 is 1.97 bits per heavy atom. The van der Waals surface area contributed by atoms with Crippen molar-refractivity contribution in [3.05, 3.63) is 133 Å². The molecule has 0 atom stereocenters. The van der Waals surface area contributed by atoms with Gasteiger partial charge in [-0.05, 0) is 47.5 Å². The molecule has 7 aromatic rings. The zero-order valence-corrected chi connectivity index (χ0v) is 20.9. The van der Waals surface area contributed by atoms with Crippen molar-refractivity contribution in [2.75, 3.05) is 0 Å². The molecule has 0 spiro atoms. The molecule has 0 bridgehead atoms. The maximum absolute atomic E-state index is 9.24. The van der Waals surface area contributed by atoms with Gasteiger partial charge in [0.1, 0.15) is 6.07 Å². The summed E-state index contributed by atoms with van der Waals surface area (Å²) in [6.07, 6.45) is 1.57. The van der Waals surface area contributed by atoms with Gasteiger partial charge in [0, 0.05) is 22.5 Å². The van der Waals surface area contributed by atoms with Gasteiger partial charge in [0.05, 0.1) is 33.7 Å². The van der Waals surface area contributed by atoms with Gasteiger partial charge in [-0.3, -0.25) is 9.55 Å². The van der Waals surface area contributed by atoms with Gasteiger partial charge in [-0.25, -0.2) is 9.97 Å². The fourth-order valence-electron chi connectivity index (χ4n) is 5.03. The predicted molar refractivity (Wildman–Crippen MR) is 155 cm³/mol. The largest absolute Gasteiger partial charge is 0.278 e. The number of hydrogen-bond acceptors (Lipinski definition) is 4. The molecule has 39 heavy (non-hydrogen) atoms. The van der Waals surface area contributed by atoms with Gasteiger partial charge < -0.3 is 0 Å². The van der Waals surface area contributed by atoms with Crippen molar-refractivity contribution >= 4 is 21.8 Å². The Balaban J connectivity index is 1.50. The fraction of sp³-hybridized carbons (Fsp3) is 0. The third-order valence-electron chi connectivity index (χ3n) is 6.92. The normalized spacial score (nSPS) is 11.1. The lowest BCUT2D eigenvalue weighted by Crippen LogP contribution is -2.04. The van der Waals surface area contributed by atoms with Crippen LogP contribution in [0.3, 0.4) is 0 Å². The maximum Gasteiger partial charge on any atom is 0.235 e. The highest BCUT2D eigenvalue weighted by molar-refractivity contribution is 6.10. The molecular formula is C34H21N5. The number of rotatable bonds is 4. The molecule has 0 radical (unpaired) electrons. The quantitative estimate of drug-likeness (QED) is 0.247. The van der Waals surface area contributed by atoms with E-state index in [0.29, 0.717) is 22.9 Å². The Morgan fingerprint density at radius 1 is 0.538 bits per heavy atom. The second-order valence-electron chi connectivity index (χ2n) is 9.30. The van der Waals surface area contributed by atoms with Crippen LogP contribution in [0.15, 0.2) is 128 Å². The molecule has 5 nitrogen and oxygen atoms in total. The van der Waals surface area contributed by atoms with E-state index in [4.69, 9.17) is 9.97 Å². The van der Waals surface area contributed by atoms with Gasteiger partial charge in [0.25, 0.3) is 0 Å². The van der Waals surface area contributed by atoms with E-state index in [1.807, 2.05) is 54.6 Å². The third-order valence-corrected chi connectivity index (χ3v) is 6.92. The van der Waals surface area contributed by atoms with E-state index in [1.165, 1.54) is 5.56 Å². The Bertz CT molecular complexity index is 2000. The summed E-state index contributed by atoms with van der Waals surface area (Å²) >= 11 is 0. The topological polar surface area (TPSA) is 67.4 Å². The third kappa shape index (κ3) is 4.01. The smallest absolute Gasteiger partial charge is 0.235 e. The molecule has 182 valence electrons. The molecule has 0 amide bonds. The summed E-state index contributed by atoms with van der Waals surface area (Å²) in [6, 6.07) is 43.1. The van der Waals surface area contributed by atoms with Crippen LogP contribution < -0.4 is 0 Å². The van der Waals surface area contributed by atoms with E-state index >= 15 is 0 Å². The molecule has 4 aromatic carbocycles. The van der Waals surface area contributed by atoms with Crippen LogP contribution in [0.2, 0.25) is 0 Å². The fourth-order valence-corrected chi connectivity index (χ4v) is 5.03. The summed E-state index contributed by atoms with van der Waals surface area (Å²) in [5.41, 5.74) is 8.06. The predicted octanol–water partition coefficient (Wildman–Crippen LogP) is 7.84. The standard InChI is InChI=1S/C34H21N5/c35-21-23-15-17-29(36-22-23)31-20-30(25-11-5-2-6-12-25)37-34(38-31)39-32-14-8-7-13-27(32)28-19-26(16-18-33(28)39)24-9-3-1-4-10-24/h1-20,22H. The highest BCUT2D eigenvalue weighted by atomic mass is 15.2. The minimum atomic E-state index is 0.507. The lowest BCUT2D eigenvalue weighted by atomic mass is 10.0. The van der Waals surface area contributed by atoms with E-state index in [2.05, 4.69) is 76.3 Å². The van der Waals surface area contributed by atoms with Gasteiger partial charge in [-0.15, -0.1) is 0 Å². The second-order valence-corrected chi connectivity index (χ2v) is 9.30.